The minimum absolute atomic E-state index is 0.0517. The van der Waals surface area contributed by atoms with Crippen LogP contribution in [0.4, 0.5) is 13.2 Å². The smallest absolute Gasteiger partial charge is 0.483 e. The highest BCUT2D eigenvalue weighted by atomic mass is 19.4. The zero-order valence-electron chi connectivity index (χ0n) is 18.4. The highest BCUT2D eigenvalue weighted by Crippen LogP contribution is 2.61. The summed E-state index contributed by atoms with van der Waals surface area (Å²) in [5.74, 6) is 1.19. The van der Waals surface area contributed by atoms with Crippen LogP contribution < -0.4 is 14.2 Å². The molecule has 4 saturated carbocycles. The quantitative estimate of drug-likeness (QED) is 0.352. The fourth-order valence-electron chi connectivity index (χ4n) is 6.58. The van der Waals surface area contributed by atoms with E-state index in [0.717, 1.165) is 31.7 Å². The van der Waals surface area contributed by atoms with E-state index in [0.29, 0.717) is 35.8 Å². The molecule has 176 valence electrons. The van der Waals surface area contributed by atoms with Gasteiger partial charge in [0.2, 0.25) is 0 Å². The van der Waals surface area contributed by atoms with E-state index < -0.39 is 23.7 Å². The van der Waals surface area contributed by atoms with Crippen molar-refractivity contribution in [2.24, 2.45) is 23.7 Å². The Kier molecular flexibility index (Phi) is 5.53. The average Bonchev–Trinajstić information content (AvgIpc) is 2.76. The molecule has 2 aromatic carbocycles. The molecule has 0 saturated heterocycles. The molecule has 7 heteroatoms. The van der Waals surface area contributed by atoms with Crippen molar-refractivity contribution in [1.29, 1.82) is 0 Å². The van der Waals surface area contributed by atoms with Crippen molar-refractivity contribution in [1.82, 2.24) is 0 Å². The normalized spacial score (nSPS) is 30.2. The SMILES string of the molecule is CCC1(Oc2cc(C(=O)Oc3ccccc3)ccc2OC(F)(F)F)C2CC3CC(C2)CC1C3. The molecular weight excluding hydrogens is 433 g/mol. The lowest BCUT2D eigenvalue weighted by molar-refractivity contribution is -0.275. The van der Waals surface area contributed by atoms with Gasteiger partial charge in [0.05, 0.1) is 5.56 Å². The maximum atomic E-state index is 13.1. The Balaban J connectivity index is 1.47. The summed E-state index contributed by atoms with van der Waals surface area (Å²) in [4.78, 5) is 12.7. The third kappa shape index (κ3) is 4.30. The molecule has 4 aliphatic rings. The summed E-state index contributed by atoms with van der Waals surface area (Å²) in [5, 5.41) is 0. The molecule has 0 spiro atoms. The van der Waals surface area contributed by atoms with E-state index >= 15 is 0 Å². The van der Waals surface area contributed by atoms with Gasteiger partial charge >= 0.3 is 12.3 Å². The second-order valence-electron chi connectivity index (χ2n) is 9.63. The summed E-state index contributed by atoms with van der Waals surface area (Å²) in [7, 11) is 0. The summed E-state index contributed by atoms with van der Waals surface area (Å²) in [5.41, 5.74) is -0.433. The predicted molar refractivity (Wildman–Crippen MR) is 115 cm³/mol. The number of alkyl halides is 3. The van der Waals surface area contributed by atoms with Crippen LogP contribution in [-0.4, -0.2) is 17.9 Å². The van der Waals surface area contributed by atoms with Crippen LogP contribution >= 0.6 is 0 Å². The molecule has 0 unspecified atom stereocenters. The first-order chi connectivity index (χ1) is 15.8. The zero-order chi connectivity index (χ0) is 23.2. The topological polar surface area (TPSA) is 44.8 Å². The second-order valence-corrected chi connectivity index (χ2v) is 9.63. The molecule has 33 heavy (non-hydrogen) atoms. The Morgan fingerprint density at radius 2 is 1.58 bits per heavy atom. The van der Waals surface area contributed by atoms with Gasteiger partial charge in [-0.05, 0) is 92.5 Å². The van der Waals surface area contributed by atoms with Crippen LogP contribution in [0.15, 0.2) is 48.5 Å². The molecule has 0 aromatic heterocycles. The first kappa shape index (κ1) is 22.1. The number of rotatable bonds is 6. The number of carbonyl (C=O) groups is 1. The molecule has 4 bridgehead atoms. The molecule has 2 aromatic rings. The number of halogens is 3. The van der Waals surface area contributed by atoms with Crippen molar-refractivity contribution in [2.45, 2.75) is 57.4 Å². The summed E-state index contributed by atoms with van der Waals surface area (Å²) >= 11 is 0. The van der Waals surface area contributed by atoms with E-state index in [2.05, 4.69) is 4.74 Å². The van der Waals surface area contributed by atoms with Crippen molar-refractivity contribution in [3.8, 4) is 17.2 Å². The number of carbonyl (C=O) groups excluding carboxylic acids is 1. The number of esters is 1. The largest absolute Gasteiger partial charge is 0.573 e. The molecule has 4 nitrogen and oxygen atoms in total. The zero-order valence-corrected chi connectivity index (χ0v) is 18.4. The van der Waals surface area contributed by atoms with E-state index in [4.69, 9.17) is 9.47 Å². The minimum Gasteiger partial charge on any atom is -0.483 e. The highest BCUT2D eigenvalue weighted by Gasteiger charge is 2.58. The lowest BCUT2D eigenvalue weighted by Crippen LogP contribution is -2.60. The number of hydrogen-bond acceptors (Lipinski definition) is 4. The lowest BCUT2D eigenvalue weighted by Gasteiger charge is -2.60. The van der Waals surface area contributed by atoms with Crippen molar-refractivity contribution < 1.29 is 32.2 Å². The Hall–Kier alpha value is -2.70. The maximum Gasteiger partial charge on any atom is 0.573 e. The van der Waals surface area contributed by atoms with E-state index in [9.17, 15) is 18.0 Å². The Bertz CT molecular complexity index is 990. The Morgan fingerprint density at radius 3 is 2.15 bits per heavy atom. The van der Waals surface area contributed by atoms with Gasteiger partial charge in [-0.15, -0.1) is 13.2 Å². The molecular formula is C26H27F3O4. The summed E-state index contributed by atoms with van der Waals surface area (Å²) in [6.07, 6.45) is 1.28. The van der Waals surface area contributed by atoms with E-state index in [1.807, 2.05) is 6.92 Å². The first-order valence-corrected chi connectivity index (χ1v) is 11.6. The monoisotopic (exact) mass is 460 g/mol. The molecule has 4 fully saturated rings. The van der Waals surface area contributed by atoms with Gasteiger partial charge in [0.15, 0.2) is 11.5 Å². The second kappa shape index (κ2) is 8.26. The molecule has 0 radical (unpaired) electrons. The van der Waals surface area contributed by atoms with Gasteiger partial charge in [-0.2, -0.15) is 0 Å². The maximum absolute atomic E-state index is 13.1. The van der Waals surface area contributed by atoms with Crippen LogP contribution in [0.25, 0.3) is 0 Å². The fraction of sp³-hybridized carbons (Fsp3) is 0.500. The van der Waals surface area contributed by atoms with E-state index in [-0.39, 0.29) is 11.3 Å². The average molecular weight is 460 g/mol. The molecule has 0 atom stereocenters. The van der Waals surface area contributed by atoms with Crippen LogP contribution in [0.2, 0.25) is 0 Å². The fourth-order valence-corrected chi connectivity index (χ4v) is 6.58. The Morgan fingerprint density at radius 1 is 0.939 bits per heavy atom. The van der Waals surface area contributed by atoms with Crippen LogP contribution in [-0.2, 0) is 0 Å². The summed E-state index contributed by atoms with van der Waals surface area (Å²) < 4.78 is 55.6. The standard InChI is InChI=1S/C26H27F3O4/c1-2-25(19-11-16-10-17(13-19)14-20(25)12-16)32-23-15-18(8-9-22(23)33-26(27,28)29)24(30)31-21-6-4-3-5-7-21/h3-9,15-17,19-20H,2,10-14H2,1H3. The van der Waals surface area contributed by atoms with Crippen LogP contribution in [0.3, 0.4) is 0 Å². The van der Waals surface area contributed by atoms with Gasteiger partial charge in [-0.25, -0.2) is 4.79 Å². The van der Waals surface area contributed by atoms with Crippen LogP contribution in [0.5, 0.6) is 17.2 Å². The van der Waals surface area contributed by atoms with E-state index in [1.54, 1.807) is 30.3 Å². The van der Waals surface area contributed by atoms with Gasteiger partial charge in [0, 0.05) is 0 Å². The summed E-state index contributed by atoms with van der Waals surface area (Å²) in [6, 6.07) is 12.3. The minimum atomic E-state index is -4.87. The molecule has 0 aliphatic heterocycles. The molecule has 0 amide bonds. The van der Waals surface area contributed by atoms with Crippen molar-refractivity contribution in [3.63, 3.8) is 0 Å². The molecule has 6 rings (SSSR count). The van der Waals surface area contributed by atoms with Crippen LogP contribution in [0, 0.1) is 23.7 Å². The lowest BCUT2D eigenvalue weighted by atomic mass is 9.49. The highest BCUT2D eigenvalue weighted by molar-refractivity contribution is 5.91. The van der Waals surface area contributed by atoms with Gasteiger partial charge in [-0.3, -0.25) is 0 Å². The number of hydrogen-bond donors (Lipinski definition) is 0. The molecule has 0 heterocycles. The van der Waals surface area contributed by atoms with Gasteiger partial charge in [0.25, 0.3) is 0 Å². The first-order valence-electron chi connectivity index (χ1n) is 11.6. The third-order valence-electron chi connectivity index (χ3n) is 7.73. The Labute approximate surface area is 191 Å². The van der Waals surface area contributed by atoms with Gasteiger partial charge in [-0.1, -0.05) is 25.1 Å². The number of para-hydroxylation sites is 1. The summed E-state index contributed by atoms with van der Waals surface area (Å²) in [6.45, 7) is 2.04. The van der Waals surface area contributed by atoms with Crippen molar-refractivity contribution >= 4 is 5.97 Å². The van der Waals surface area contributed by atoms with Gasteiger partial charge < -0.3 is 14.2 Å². The van der Waals surface area contributed by atoms with Crippen LogP contribution in [0.1, 0.15) is 55.8 Å². The number of ether oxygens (including phenoxy) is 3. The van der Waals surface area contributed by atoms with E-state index in [1.165, 1.54) is 18.6 Å². The number of benzene rings is 2. The molecule has 4 aliphatic carbocycles. The third-order valence-corrected chi connectivity index (χ3v) is 7.73. The van der Waals surface area contributed by atoms with Crippen molar-refractivity contribution in [3.05, 3.63) is 54.1 Å². The van der Waals surface area contributed by atoms with Crippen molar-refractivity contribution in [2.75, 3.05) is 0 Å². The predicted octanol–water partition coefficient (Wildman–Crippen LogP) is 6.79. The molecule has 0 N–H and O–H groups in total. The van der Waals surface area contributed by atoms with Gasteiger partial charge in [0.1, 0.15) is 11.4 Å².